The molecule has 20 heavy (non-hydrogen) atoms. The third kappa shape index (κ3) is 4.24. The maximum absolute atomic E-state index is 12.2. The number of likely N-dealkylation sites (N-methyl/N-ethyl adjacent to an activating group) is 1. The lowest BCUT2D eigenvalue weighted by Crippen LogP contribution is -2.49. The fourth-order valence-corrected chi connectivity index (χ4v) is 2.61. The van der Waals surface area contributed by atoms with E-state index in [1.807, 2.05) is 7.05 Å². The van der Waals surface area contributed by atoms with Gasteiger partial charge >= 0.3 is 6.03 Å². The molecular formula is C13H17Cl2N3O2. The van der Waals surface area contributed by atoms with Crippen LogP contribution < -0.4 is 10.6 Å². The smallest absolute Gasteiger partial charge is 0.322 e. The largest absolute Gasteiger partial charge is 0.373 e. The van der Waals surface area contributed by atoms with Crippen LogP contribution in [0.2, 0.25) is 10.0 Å². The van der Waals surface area contributed by atoms with Crippen LogP contribution in [0, 0.1) is 0 Å². The minimum Gasteiger partial charge on any atom is -0.373 e. The third-order valence-electron chi connectivity index (χ3n) is 2.97. The van der Waals surface area contributed by atoms with Gasteiger partial charge in [0.25, 0.3) is 0 Å². The summed E-state index contributed by atoms with van der Waals surface area (Å²) in [6.45, 7) is 2.38. The predicted molar refractivity (Wildman–Crippen MR) is 80.7 cm³/mol. The van der Waals surface area contributed by atoms with Crippen molar-refractivity contribution in [2.45, 2.75) is 6.10 Å². The summed E-state index contributed by atoms with van der Waals surface area (Å²) in [7, 11) is 1.86. The summed E-state index contributed by atoms with van der Waals surface area (Å²) in [6.07, 6.45) is 0.0162. The zero-order valence-corrected chi connectivity index (χ0v) is 12.7. The SMILES string of the molecule is CNCC1CN(C(=O)Nc2cc(Cl)cc(Cl)c2)CCO1. The molecule has 1 heterocycles. The van der Waals surface area contributed by atoms with E-state index in [9.17, 15) is 4.79 Å². The highest BCUT2D eigenvalue weighted by molar-refractivity contribution is 6.35. The van der Waals surface area contributed by atoms with Crippen LogP contribution >= 0.6 is 23.2 Å². The molecule has 1 atom stereocenters. The molecule has 0 aliphatic carbocycles. The van der Waals surface area contributed by atoms with Crippen LogP contribution in [0.4, 0.5) is 10.5 Å². The van der Waals surface area contributed by atoms with E-state index in [4.69, 9.17) is 27.9 Å². The third-order valence-corrected chi connectivity index (χ3v) is 3.41. The summed E-state index contributed by atoms with van der Waals surface area (Å²) in [4.78, 5) is 13.9. The topological polar surface area (TPSA) is 53.6 Å². The summed E-state index contributed by atoms with van der Waals surface area (Å²) in [5.74, 6) is 0. The second-order valence-corrected chi connectivity index (χ2v) is 5.46. The van der Waals surface area contributed by atoms with E-state index in [2.05, 4.69) is 10.6 Å². The Bertz CT molecular complexity index is 462. The van der Waals surface area contributed by atoms with E-state index in [1.165, 1.54) is 0 Å². The Morgan fingerprint density at radius 3 is 2.75 bits per heavy atom. The van der Waals surface area contributed by atoms with Crippen LogP contribution in [-0.2, 0) is 4.74 Å². The molecule has 2 rings (SSSR count). The first kappa shape index (κ1) is 15.4. The van der Waals surface area contributed by atoms with Crippen molar-refractivity contribution in [3.8, 4) is 0 Å². The van der Waals surface area contributed by atoms with Crippen molar-refractivity contribution in [2.75, 3.05) is 38.6 Å². The number of nitrogens with zero attached hydrogens (tertiary/aromatic N) is 1. The van der Waals surface area contributed by atoms with Crippen molar-refractivity contribution in [3.05, 3.63) is 28.2 Å². The lowest BCUT2D eigenvalue weighted by molar-refractivity contribution is -0.00999. The van der Waals surface area contributed by atoms with Gasteiger partial charge < -0.3 is 20.3 Å². The summed E-state index contributed by atoms with van der Waals surface area (Å²) < 4.78 is 5.56. The molecule has 1 aliphatic rings. The van der Waals surface area contributed by atoms with Crippen LogP contribution in [0.5, 0.6) is 0 Å². The van der Waals surface area contributed by atoms with Crippen LogP contribution in [0.1, 0.15) is 0 Å². The Morgan fingerprint density at radius 1 is 1.40 bits per heavy atom. The molecule has 2 N–H and O–H groups in total. The highest BCUT2D eigenvalue weighted by Crippen LogP contribution is 2.22. The van der Waals surface area contributed by atoms with E-state index >= 15 is 0 Å². The summed E-state index contributed by atoms with van der Waals surface area (Å²) in [5, 5.41) is 6.82. The molecule has 1 unspecified atom stereocenters. The van der Waals surface area contributed by atoms with E-state index in [0.29, 0.717) is 42.0 Å². The average molecular weight is 318 g/mol. The zero-order valence-electron chi connectivity index (χ0n) is 11.2. The molecule has 1 aliphatic heterocycles. The lowest BCUT2D eigenvalue weighted by atomic mass is 10.2. The van der Waals surface area contributed by atoms with Crippen molar-refractivity contribution in [2.24, 2.45) is 0 Å². The predicted octanol–water partition coefficient (Wildman–Crippen LogP) is 2.45. The molecule has 0 saturated carbocycles. The number of hydrogen-bond donors (Lipinski definition) is 2. The van der Waals surface area contributed by atoms with E-state index in [0.717, 1.165) is 0 Å². The van der Waals surface area contributed by atoms with Gasteiger partial charge in [0.2, 0.25) is 0 Å². The van der Waals surface area contributed by atoms with Crippen molar-refractivity contribution in [1.82, 2.24) is 10.2 Å². The first-order valence-electron chi connectivity index (χ1n) is 6.36. The summed E-state index contributed by atoms with van der Waals surface area (Å²) in [6, 6.07) is 4.78. The van der Waals surface area contributed by atoms with Gasteiger partial charge in [0.05, 0.1) is 12.7 Å². The van der Waals surface area contributed by atoms with Crippen molar-refractivity contribution < 1.29 is 9.53 Å². The number of halogens is 2. The van der Waals surface area contributed by atoms with Gasteiger partial charge in [0.1, 0.15) is 0 Å². The number of amides is 2. The number of anilines is 1. The van der Waals surface area contributed by atoms with Gasteiger partial charge in [-0.25, -0.2) is 4.79 Å². The van der Waals surface area contributed by atoms with E-state index < -0.39 is 0 Å². The molecule has 0 radical (unpaired) electrons. The monoisotopic (exact) mass is 317 g/mol. The number of ether oxygens (including phenoxy) is 1. The second kappa shape index (κ2) is 7.13. The molecule has 7 heteroatoms. The van der Waals surface area contributed by atoms with Crippen LogP contribution in [0.3, 0.4) is 0 Å². The zero-order chi connectivity index (χ0) is 14.5. The number of carbonyl (C=O) groups is 1. The van der Waals surface area contributed by atoms with Crippen LogP contribution in [0.25, 0.3) is 0 Å². The number of carbonyl (C=O) groups excluding carboxylic acids is 1. The fourth-order valence-electron chi connectivity index (χ4n) is 2.08. The number of hydrogen-bond acceptors (Lipinski definition) is 3. The van der Waals surface area contributed by atoms with E-state index in [1.54, 1.807) is 23.1 Å². The maximum Gasteiger partial charge on any atom is 0.322 e. The summed E-state index contributed by atoms with van der Waals surface area (Å²) in [5.41, 5.74) is 0.587. The van der Waals surface area contributed by atoms with E-state index in [-0.39, 0.29) is 12.1 Å². The standard InChI is InChI=1S/C13H17Cl2N3O2/c1-16-7-12-8-18(2-3-20-12)13(19)17-11-5-9(14)4-10(15)6-11/h4-6,12,16H,2-3,7-8H2,1H3,(H,17,19). The van der Waals surface area contributed by atoms with Gasteiger partial charge in [-0.05, 0) is 25.2 Å². The Balaban J connectivity index is 1.97. The highest BCUT2D eigenvalue weighted by Gasteiger charge is 2.23. The Kier molecular flexibility index (Phi) is 5.48. The second-order valence-electron chi connectivity index (χ2n) is 4.58. The molecule has 2 amide bonds. The molecule has 110 valence electrons. The Labute approximate surface area is 128 Å². The minimum atomic E-state index is -0.173. The minimum absolute atomic E-state index is 0.0162. The van der Waals surface area contributed by atoms with Crippen molar-refractivity contribution in [3.63, 3.8) is 0 Å². The Morgan fingerprint density at radius 2 is 2.10 bits per heavy atom. The van der Waals surface area contributed by atoms with Gasteiger partial charge in [-0.15, -0.1) is 0 Å². The molecule has 1 aromatic carbocycles. The fraction of sp³-hybridized carbons (Fsp3) is 0.462. The molecule has 5 nitrogen and oxygen atoms in total. The van der Waals surface area contributed by atoms with Gasteiger partial charge in [-0.1, -0.05) is 23.2 Å². The van der Waals surface area contributed by atoms with Crippen molar-refractivity contribution >= 4 is 34.9 Å². The molecule has 0 bridgehead atoms. The number of urea groups is 1. The lowest BCUT2D eigenvalue weighted by Gasteiger charge is -2.32. The molecular weight excluding hydrogens is 301 g/mol. The normalized spacial score (nSPS) is 18.9. The first-order chi connectivity index (χ1) is 9.58. The first-order valence-corrected chi connectivity index (χ1v) is 7.12. The molecule has 1 aromatic rings. The molecule has 1 fully saturated rings. The van der Waals surface area contributed by atoms with Crippen LogP contribution in [-0.4, -0.2) is 50.3 Å². The highest BCUT2D eigenvalue weighted by atomic mass is 35.5. The Hall–Kier alpha value is -1.01. The summed E-state index contributed by atoms with van der Waals surface area (Å²) >= 11 is 11.8. The maximum atomic E-state index is 12.2. The molecule has 1 saturated heterocycles. The number of nitrogens with one attached hydrogen (secondary N) is 2. The van der Waals surface area contributed by atoms with Gasteiger partial charge in [0.15, 0.2) is 0 Å². The number of benzene rings is 1. The van der Waals surface area contributed by atoms with Gasteiger partial charge in [0, 0.05) is 35.4 Å². The molecule has 0 aromatic heterocycles. The quantitative estimate of drug-likeness (QED) is 0.900. The van der Waals surface area contributed by atoms with Gasteiger partial charge in [-0.3, -0.25) is 0 Å². The van der Waals surface area contributed by atoms with Gasteiger partial charge in [-0.2, -0.15) is 0 Å². The number of morpholine rings is 1. The molecule has 0 spiro atoms. The average Bonchev–Trinajstić information content (AvgIpc) is 2.38. The number of rotatable bonds is 3. The van der Waals surface area contributed by atoms with Crippen molar-refractivity contribution in [1.29, 1.82) is 0 Å². The van der Waals surface area contributed by atoms with Crippen LogP contribution in [0.15, 0.2) is 18.2 Å².